The van der Waals surface area contributed by atoms with E-state index in [2.05, 4.69) is 9.97 Å². The number of nitrogens with zero attached hydrogens (tertiary/aromatic N) is 2. The van der Waals surface area contributed by atoms with Gasteiger partial charge in [-0.2, -0.15) is 0 Å². The van der Waals surface area contributed by atoms with E-state index in [1.807, 2.05) is 29.6 Å². The molecule has 0 atom stereocenters. The van der Waals surface area contributed by atoms with Crippen molar-refractivity contribution in [2.24, 2.45) is 0 Å². The summed E-state index contributed by atoms with van der Waals surface area (Å²) < 4.78 is 5.22. The number of carbonyl (C=O) groups is 1. The van der Waals surface area contributed by atoms with Crippen LogP contribution in [0.5, 0.6) is 0 Å². The fraction of sp³-hybridized carbons (Fsp3) is 0.0625. The molecular formula is C16H10Cl2N2O2S. The van der Waals surface area contributed by atoms with Gasteiger partial charge in [0, 0.05) is 17.1 Å². The van der Waals surface area contributed by atoms with Crippen molar-refractivity contribution in [2.75, 3.05) is 0 Å². The van der Waals surface area contributed by atoms with E-state index in [9.17, 15) is 4.79 Å². The van der Waals surface area contributed by atoms with E-state index in [0.29, 0.717) is 10.7 Å². The van der Waals surface area contributed by atoms with Crippen LogP contribution in [0.4, 0.5) is 0 Å². The molecule has 0 aliphatic carbocycles. The van der Waals surface area contributed by atoms with Crippen LogP contribution in [0.1, 0.15) is 16.1 Å². The zero-order chi connectivity index (χ0) is 16.2. The van der Waals surface area contributed by atoms with Crippen molar-refractivity contribution < 1.29 is 9.53 Å². The number of rotatable bonds is 4. The van der Waals surface area contributed by atoms with Crippen LogP contribution in [0.25, 0.3) is 10.6 Å². The Bertz CT molecular complexity index is 851. The number of esters is 1. The fourth-order valence-corrected chi connectivity index (χ4v) is 3.21. The molecule has 0 radical (unpaired) electrons. The molecule has 2 heterocycles. The van der Waals surface area contributed by atoms with E-state index in [1.165, 1.54) is 17.5 Å². The van der Waals surface area contributed by atoms with Crippen LogP contribution < -0.4 is 0 Å². The summed E-state index contributed by atoms with van der Waals surface area (Å²) in [6.07, 6.45) is 1.51. The van der Waals surface area contributed by atoms with E-state index in [0.717, 1.165) is 10.6 Å². The molecule has 3 rings (SSSR count). The predicted octanol–water partition coefficient (Wildman–Crippen LogP) is 4.87. The van der Waals surface area contributed by atoms with Crippen LogP contribution in [0, 0.1) is 0 Å². The van der Waals surface area contributed by atoms with Gasteiger partial charge in [0.25, 0.3) is 0 Å². The second-order valence-electron chi connectivity index (χ2n) is 4.54. The second-order valence-corrected chi connectivity index (χ2v) is 6.17. The highest BCUT2D eigenvalue weighted by Crippen LogP contribution is 2.30. The molecule has 0 spiro atoms. The molecule has 0 fully saturated rings. The molecule has 0 N–H and O–H groups in total. The summed E-state index contributed by atoms with van der Waals surface area (Å²) in [6, 6.07) is 10.6. The van der Waals surface area contributed by atoms with Gasteiger partial charge in [-0.25, -0.2) is 14.8 Å². The molecule has 0 aliphatic heterocycles. The first-order valence-corrected chi connectivity index (χ1v) is 8.25. The average molecular weight is 365 g/mol. The lowest BCUT2D eigenvalue weighted by atomic mass is 10.2. The lowest BCUT2D eigenvalue weighted by molar-refractivity contribution is 0.0468. The molecular weight excluding hydrogens is 355 g/mol. The SMILES string of the molecule is O=C(OCc1csc(-c2ccccc2Cl)n1)c1cccnc1Cl. The Labute approximate surface area is 146 Å². The van der Waals surface area contributed by atoms with Gasteiger partial charge >= 0.3 is 5.97 Å². The lowest BCUT2D eigenvalue weighted by Gasteiger charge is -2.03. The second kappa shape index (κ2) is 7.08. The first-order valence-electron chi connectivity index (χ1n) is 6.62. The standard InChI is InChI=1S/C16H10Cl2N2O2S/c17-13-6-2-1-4-11(13)15-20-10(9-23-15)8-22-16(21)12-5-3-7-19-14(12)18/h1-7,9H,8H2. The highest BCUT2D eigenvalue weighted by Gasteiger charge is 2.14. The van der Waals surface area contributed by atoms with Gasteiger partial charge in [-0.3, -0.25) is 0 Å². The van der Waals surface area contributed by atoms with Gasteiger partial charge < -0.3 is 4.74 Å². The summed E-state index contributed by atoms with van der Waals surface area (Å²) in [5.74, 6) is -0.532. The van der Waals surface area contributed by atoms with Crippen LogP contribution in [-0.4, -0.2) is 15.9 Å². The maximum atomic E-state index is 12.0. The molecule has 0 unspecified atom stereocenters. The van der Waals surface area contributed by atoms with Gasteiger partial charge in [-0.1, -0.05) is 41.4 Å². The summed E-state index contributed by atoms with van der Waals surface area (Å²) >= 11 is 13.5. The van der Waals surface area contributed by atoms with E-state index in [1.54, 1.807) is 12.1 Å². The highest BCUT2D eigenvalue weighted by atomic mass is 35.5. The maximum absolute atomic E-state index is 12.0. The molecule has 0 bridgehead atoms. The third kappa shape index (κ3) is 3.69. The first kappa shape index (κ1) is 15.9. The minimum absolute atomic E-state index is 0.0605. The molecule has 0 saturated carbocycles. The van der Waals surface area contributed by atoms with E-state index in [-0.39, 0.29) is 17.3 Å². The predicted molar refractivity (Wildman–Crippen MR) is 90.9 cm³/mol. The number of benzene rings is 1. The number of ether oxygens (including phenoxy) is 1. The van der Waals surface area contributed by atoms with Crippen molar-refractivity contribution in [3.05, 3.63) is 69.4 Å². The van der Waals surface area contributed by atoms with Crippen LogP contribution in [-0.2, 0) is 11.3 Å². The Morgan fingerprint density at radius 2 is 2.00 bits per heavy atom. The zero-order valence-electron chi connectivity index (χ0n) is 11.7. The third-order valence-electron chi connectivity index (χ3n) is 2.99. The number of pyridine rings is 1. The summed E-state index contributed by atoms with van der Waals surface area (Å²) in [6.45, 7) is 0.0605. The Hall–Kier alpha value is -1.95. The van der Waals surface area contributed by atoms with Crippen molar-refractivity contribution in [3.63, 3.8) is 0 Å². The molecule has 2 aromatic heterocycles. The number of aromatic nitrogens is 2. The molecule has 4 nitrogen and oxygen atoms in total. The molecule has 0 amide bonds. The van der Waals surface area contributed by atoms with Gasteiger partial charge in [0.15, 0.2) is 0 Å². The third-order valence-corrected chi connectivity index (χ3v) is 4.54. The summed E-state index contributed by atoms with van der Waals surface area (Å²) in [5.41, 5.74) is 1.74. The number of halogens is 2. The minimum atomic E-state index is -0.532. The Morgan fingerprint density at radius 3 is 2.78 bits per heavy atom. The summed E-state index contributed by atoms with van der Waals surface area (Å²) in [7, 11) is 0. The maximum Gasteiger partial charge on any atom is 0.341 e. The van der Waals surface area contributed by atoms with Gasteiger partial charge in [0.1, 0.15) is 16.8 Å². The van der Waals surface area contributed by atoms with E-state index < -0.39 is 5.97 Å². The Morgan fingerprint density at radius 1 is 1.17 bits per heavy atom. The quantitative estimate of drug-likeness (QED) is 0.489. The normalized spacial score (nSPS) is 10.5. The van der Waals surface area contributed by atoms with E-state index in [4.69, 9.17) is 27.9 Å². The van der Waals surface area contributed by atoms with Crippen LogP contribution in [0.15, 0.2) is 48.0 Å². The van der Waals surface area contributed by atoms with Crippen LogP contribution >= 0.6 is 34.5 Å². The monoisotopic (exact) mass is 364 g/mol. The van der Waals surface area contributed by atoms with Crippen LogP contribution in [0.2, 0.25) is 10.2 Å². The van der Waals surface area contributed by atoms with Gasteiger partial charge in [0.2, 0.25) is 0 Å². The zero-order valence-corrected chi connectivity index (χ0v) is 14.0. The van der Waals surface area contributed by atoms with Crippen molar-refractivity contribution >= 4 is 40.5 Å². The van der Waals surface area contributed by atoms with Gasteiger partial charge in [-0.05, 0) is 18.2 Å². The lowest BCUT2D eigenvalue weighted by Crippen LogP contribution is -2.06. The van der Waals surface area contributed by atoms with Crippen molar-refractivity contribution in [1.29, 1.82) is 0 Å². The van der Waals surface area contributed by atoms with Gasteiger partial charge in [0.05, 0.1) is 16.3 Å². The van der Waals surface area contributed by atoms with Crippen molar-refractivity contribution in [1.82, 2.24) is 9.97 Å². The van der Waals surface area contributed by atoms with Crippen LogP contribution in [0.3, 0.4) is 0 Å². The van der Waals surface area contributed by atoms with Crippen molar-refractivity contribution in [3.8, 4) is 10.6 Å². The number of hydrogen-bond donors (Lipinski definition) is 0. The van der Waals surface area contributed by atoms with Crippen molar-refractivity contribution in [2.45, 2.75) is 6.61 Å². The molecule has 23 heavy (non-hydrogen) atoms. The Balaban J connectivity index is 1.70. The number of hydrogen-bond acceptors (Lipinski definition) is 5. The molecule has 0 saturated heterocycles. The molecule has 0 aliphatic rings. The fourth-order valence-electron chi connectivity index (χ4n) is 1.89. The highest BCUT2D eigenvalue weighted by molar-refractivity contribution is 7.13. The summed E-state index contributed by atoms with van der Waals surface area (Å²) in [5, 5.41) is 3.36. The first-order chi connectivity index (χ1) is 11.1. The smallest absolute Gasteiger partial charge is 0.341 e. The topological polar surface area (TPSA) is 52.1 Å². The summed E-state index contributed by atoms with van der Waals surface area (Å²) in [4.78, 5) is 20.3. The Kier molecular flexibility index (Phi) is 4.91. The molecule has 7 heteroatoms. The number of thiazole rings is 1. The molecule has 3 aromatic rings. The largest absolute Gasteiger partial charge is 0.455 e. The average Bonchev–Trinajstić information content (AvgIpc) is 3.02. The van der Waals surface area contributed by atoms with Gasteiger partial charge in [-0.15, -0.1) is 11.3 Å². The van der Waals surface area contributed by atoms with E-state index >= 15 is 0 Å². The number of carbonyl (C=O) groups excluding carboxylic acids is 1. The minimum Gasteiger partial charge on any atom is -0.455 e. The molecule has 1 aromatic carbocycles. The molecule has 116 valence electrons.